The Morgan fingerprint density at radius 2 is 2.07 bits per heavy atom. The molecule has 0 aliphatic carbocycles. The molecule has 0 fully saturated rings. The normalized spacial score (nSPS) is 13.4. The third-order valence-corrected chi connectivity index (χ3v) is 3.57. The van der Waals surface area contributed by atoms with E-state index >= 15 is 0 Å². The van der Waals surface area contributed by atoms with Crippen LogP contribution >= 0.6 is 11.3 Å². The summed E-state index contributed by atoms with van der Waals surface area (Å²) in [6.07, 6.45) is 2.56. The predicted molar refractivity (Wildman–Crippen MR) is 67.2 cm³/mol. The zero-order chi connectivity index (χ0) is 11.3. The monoisotopic (exact) mass is 226 g/mol. The van der Waals surface area contributed by atoms with Crippen LogP contribution in [-0.2, 0) is 6.54 Å². The molecule has 15 heavy (non-hydrogen) atoms. The van der Waals surface area contributed by atoms with Gasteiger partial charge in [0.2, 0.25) is 0 Å². The van der Waals surface area contributed by atoms with Crippen LogP contribution in [0.5, 0.6) is 0 Å². The maximum atomic E-state index is 4.25. The van der Waals surface area contributed by atoms with E-state index in [0.29, 0.717) is 6.04 Å². The van der Waals surface area contributed by atoms with Crippen molar-refractivity contribution in [1.29, 1.82) is 0 Å². The fourth-order valence-corrected chi connectivity index (χ4v) is 2.18. The molecule has 0 amide bonds. The number of thiazole rings is 1. The summed E-state index contributed by atoms with van der Waals surface area (Å²) < 4.78 is 0. The van der Waals surface area contributed by atoms with E-state index in [4.69, 9.17) is 0 Å². The molecule has 1 heterocycles. The molecule has 0 spiro atoms. The standard InChI is InChI=1S/C12H22N2S/c1-9(2)5-6-10(3)13-7-12-11(4)14-8-15-12/h8-10,13H,5-7H2,1-4H3. The van der Waals surface area contributed by atoms with Gasteiger partial charge >= 0.3 is 0 Å². The van der Waals surface area contributed by atoms with Crippen molar-refractivity contribution in [1.82, 2.24) is 10.3 Å². The minimum absolute atomic E-state index is 0.605. The minimum atomic E-state index is 0.605. The average Bonchev–Trinajstić information content (AvgIpc) is 2.58. The van der Waals surface area contributed by atoms with Crippen molar-refractivity contribution in [2.24, 2.45) is 5.92 Å². The Bertz CT molecular complexity index is 281. The number of aryl methyl sites for hydroxylation is 1. The molecule has 3 heteroatoms. The van der Waals surface area contributed by atoms with E-state index in [1.165, 1.54) is 23.4 Å². The summed E-state index contributed by atoms with van der Waals surface area (Å²) in [5, 5.41) is 3.55. The summed E-state index contributed by atoms with van der Waals surface area (Å²) in [5.74, 6) is 0.805. The first-order chi connectivity index (χ1) is 7.09. The van der Waals surface area contributed by atoms with E-state index < -0.39 is 0 Å². The Morgan fingerprint density at radius 1 is 1.33 bits per heavy atom. The van der Waals surface area contributed by atoms with Crippen LogP contribution in [0.4, 0.5) is 0 Å². The summed E-state index contributed by atoms with van der Waals surface area (Å²) in [5.41, 5.74) is 3.09. The molecule has 0 aliphatic heterocycles. The number of hydrogen-bond donors (Lipinski definition) is 1. The van der Waals surface area contributed by atoms with Gasteiger partial charge in [0, 0.05) is 17.5 Å². The number of hydrogen-bond acceptors (Lipinski definition) is 3. The molecule has 0 aliphatic rings. The van der Waals surface area contributed by atoms with Gasteiger partial charge in [0.25, 0.3) is 0 Å². The summed E-state index contributed by atoms with van der Waals surface area (Å²) >= 11 is 1.74. The molecule has 0 bridgehead atoms. The number of nitrogens with one attached hydrogen (secondary N) is 1. The summed E-state index contributed by atoms with van der Waals surface area (Å²) in [6.45, 7) is 9.86. The lowest BCUT2D eigenvalue weighted by atomic mass is 10.0. The first-order valence-electron chi connectivity index (χ1n) is 5.72. The van der Waals surface area contributed by atoms with E-state index in [2.05, 4.69) is 38.0 Å². The van der Waals surface area contributed by atoms with Crippen LogP contribution < -0.4 is 5.32 Å². The maximum Gasteiger partial charge on any atom is 0.0798 e. The highest BCUT2D eigenvalue weighted by Gasteiger charge is 2.05. The van der Waals surface area contributed by atoms with Gasteiger partial charge in [-0.3, -0.25) is 0 Å². The number of rotatable bonds is 6. The Balaban J connectivity index is 2.22. The van der Waals surface area contributed by atoms with Gasteiger partial charge in [-0.25, -0.2) is 4.98 Å². The molecule has 1 atom stereocenters. The summed E-state index contributed by atoms with van der Waals surface area (Å²) in [7, 11) is 0. The Morgan fingerprint density at radius 3 is 2.60 bits per heavy atom. The SMILES string of the molecule is Cc1ncsc1CNC(C)CCC(C)C. The predicted octanol–water partition coefficient (Wildman–Crippen LogP) is 3.37. The second-order valence-electron chi connectivity index (χ2n) is 4.61. The second-order valence-corrected chi connectivity index (χ2v) is 5.55. The lowest BCUT2D eigenvalue weighted by Crippen LogP contribution is -2.25. The van der Waals surface area contributed by atoms with Gasteiger partial charge in [-0.2, -0.15) is 0 Å². The molecular formula is C12H22N2S. The highest BCUT2D eigenvalue weighted by Crippen LogP contribution is 2.12. The van der Waals surface area contributed by atoms with Gasteiger partial charge in [-0.1, -0.05) is 13.8 Å². The maximum absolute atomic E-state index is 4.25. The second kappa shape index (κ2) is 6.23. The van der Waals surface area contributed by atoms with Crippen molar-refractivity contribution in [3.05, 3.63) is 16.1 Å². The molecule has 0 saturated heterocycles. The zero-order valence-electron chi connectivity index (χ0n) is 10.2. The van der Waals surface area contributed by atoms with Gasteiger partial charge in [0.15, 0.2) is 0 Å². The Hall–Kier alpha value is -0.410. The van der Waals surface area contributed by atoms with Crippen LogP contribution in [0.1, 0.15) is 44.2 Å². The minimum Gasteiger partial charge on any atom is -0.309 e. The van der Waals surface area contributed by atoms with Crippen LogP contribution in [0, 0.1) is 12.8 Å². The number of aromatic nitrogens is 1. The molecule has 0 saturated carbocycles. The molecule has 0 aromatic carbocycles. The molecule has 1 aromatic rings. The van der Waals surface area contributed by atoms with Crippen LogP contribution in [-0.4, -0.2) is 11.0 Å². The quantitative estimate of drug-likeness (QED) is 0.804. The molecule has 0 radical (unpaired) electrons. The van der Waals surface area contributed by atoms with Crippen molar-refractivity contribution >= 4 is 11.3 Å². The van der Waals surface area contributed by atoms with Crippen LogP contribution in [0.25, 0.3) is 0 Å². The lowest BCUT2D eigenvalue weighted by Gasteiger charge is -2.14. The summed E-state index contributed by atoms with van der Waals surface area (Å²) in [4.78, 5) is 5.61. The van der Waals surface area contributed by atoms with Crippen molar-refractivity contribution in [3.8, 4) is 0 Å². The fourth-order valence-electron chi connectivity index (χ4n) is 1.45. The van der Waals surface area contributed by atoms with Gasteiger partial charge in [0.05, 0.1) is 11.2 Å². The van der Waals surface area contributed by atoms with Gasteiger partial charge in [-0.05, 0) is 32.6 Å². The highest BCUT2D eigenvalue weighted by atomic mass is 32.1. The van der Waals surface area contributed by atoms with E-state index in [-0.39, 0.29) is 0 Å². The fraction of sp³-hybridized carbons (Fsp3) is 0.750. The summed E-state index contributed by atoms with van der Waals surface area (Å²) in [6, 6.07) is 0.605. The first-order valence-corrected chi connectivity index (χ1v) is 6.60. The van der Waals surface area contributed by atoms with Crippen molar-refractivity contribution in [2.45, 2.75) is 53.1 Å². The third-order valence-electron chi connectivity index (χ3n) is 2.63. The van der Waals surface area contributed by atoms with Crippen LogP contribution in [0.15, 0.2) is 5.51 Å². The lowest BCUT2D eigenvalue weighted by molar-refractivity contribution is 0.451. The average molecular weight is 226 g/mol. The van der Waals surface area contributed by atoms with E-state index in [0.717, 1.165) is 12.5 Å². The molecule has 1 N–H and O–H groups in total. The number of nitrogens with zero attached hydrogens (tertiary/aromatic N) is 1. The first kappa shape index (κ1) is 12.7. The topological polar surface area (TPSA) is 24.9 Å². The molecular weight excluding hydrogens is 204 g/mol. The van der Waals surface area contributed by atoms with E-state index in [1.54, 1.807) is 11.3 Å². The van der Waals surface area contributed by atoms with Gasteiger partial charge in [0.1, 0.15) is 0 Å². The van der Waals surface area contributed by atoms with Crippen LogP contribution in [0.2, 0.25) is 0 Å². The molecule has 1 rings (SSSR count). The molecule has 86 valence electrons. The van der Waals surface area contributed by atoms with E-state index in [9.17, 15) is 0 Å². The smallest absolute Gasteiger partial charge is 0.0798 e. The largest absolute Gasteiger partial charge is 0.309 e. The Kier molecular flexibility index (Phi) is 5.26. The third kappa shape index (κ3) is 4.76. The van der Waals surface area contributed by atoms with Gasteiger partial charge < -0.3 is 5.32 Å². The Labute approximate surface area is 97.1 Å². The van der Waals surface area contributed by atoms with Crippen molar-refractivity contribution in [2.75, 3.05) is 0 Å². The van der Waals surface area contributed by atoms with Crippen molar-refractivity contribution in [3.63, 3.8) is 0 Å². The van der Waals surface area contributed by atoms with Gasteiger partial charge in [-0.15, -0.1) is 11.3 Å². The van der Waals surface area contributed by atoms with Crippen LogP contribution in [0.3, 0.4) is 0 Å². The molecule has 1 aromatic heterocycles. The van der Waals surface area contributed by atoms with E-state index in [1.807, 2.05) is 5.51 Å². The molecule has 2 nitrogen and oxygen atoms in total. The van der Waals surface area contributed by atoms with Crippen molar-refractivity contribution < 1.29 is 0 Å². The zero-order valence-corrected chi connectivity index (χ0v) is 11.0. The highest BCUT2D eigenvalue weighted by molar-refractivity contribution is 7.09. The molecule has 1 unspecified atom stereocenters.